The standard InChI is InChI=1S/C23H29N3O3/c1-8-26-21(15(2)16(3)25-26)22(29-14-28-17(4)27)20(13-24)18-9-11-19(12-10-18)23(5,6)7/h9-12H,8,14H2,1-7H3/b22-20-. The van der Waals surface area contributed by atoms with Crippen LogP contribution in [0.4, 0.5) is 0 Å². The van der Waals surface area contributed by atoms with E-state index < -0.39 is 5.97 Å². The van der Waals surface area contributed by atoms with Crippen LogP contribution in [0.25, 0.3) is 11.3 Å². The number of nitrogens with zero attached hydrogens (tertiary/aromatic N) is 3. The minimum absolute atomic E-state index is 0.0121. The van der Waals surface area contributed by atoms with Crippen molar-refractivity contribution >= 4 is 17.3 Å². The summed E-state index contributed by atoms with van der Waals surface area (Å²) in [6.45, 7) is 13.9. The minimum atomic E-state index is -0.450. The molecule has 6 heteroatoms. The van der Waals surface area contributed by atoms with Crippen LogP contribution in [0.3, 0.4) is 0 Å². The molecular weight excluding hydrogens is 366 g/mol. The molecule has 1 heterocycles. The van der Waals surface area contributed by atoms with Crippen molar-refractivity contribution in [2.75, 3.05) is 6.79 Å². The number of esters is 1. The molecule has 0 aliphatic carbocycles. The summed E-state index contributed by atoms with van der Waals surface area (Å²) in [7, 11) is 0. The molecule has 0 amide bonds. The lowest BCUT2D eigenvalue weighted by Crippen LogP contribution is -2.11. The number of hydrogen-bond donors (Lipinski definition) is 0. The number of nitriles is 1. The Kier molecular flexibility index (Phi) is 6.86. The second-order valence-electron chi connectivity index (χ2n) is 7.92. The van der Waals surface area contributed by atoms with Crippen LogP contribution < -0.4 is 0 Å². The first-order valence-electron chi connectivity index (χ1n) is 9.66. The first-order valence-corrected chi connectivity index (χ1v) is 9.66. The highest BCUT2D eigenvalue weighted by molar-refractivity contribution is 5.94. The number of aromatic nitrogens is 2. The molecule has 2 aromatic rings. The molecule has 0 saturated carbocycles. The third-order valence-electron chi connectivity index (χ3n) is 4.79. The van der Waals surface area contributed by atoms with Crippen molar-refractivity contribution in [3.05, 3.63) is 52.3 Å². The Bertz CT molecular complexity index is 955. The lowest BCUT2D eigenvalue weighted by molar-refractivity contribution is -0.148. The van der Waals surface area contributed by atoms with Gasteiger partial charge in [0.05, 0.1) is 5.69 Å². The molecule has 2 rings (SSSR count). The molecule has 0 fully saturated rings. The summed E-state index contributed by atoms with van der Waals surface area (Å²) in [4.78, 5) is 11.2. The molecule has 1 aromatic carbocycles. The van der Waals surface area contributed by atoms with E-state index >= 15 is 0 Å². The van der Waals surface area contributed by atoms with Gasteiger partial charge in [0.25, 0.3) is 0 Å². The predicted molar refractivity (Wildman–Crippen MR) is 113 cm³/mol. The topological polar surface area (TPSA) is 77.1 Å². The van der Waals surface area contributed by atoms with E-state index in [-0.39, 0.29) is 12.2 Å². The monoisotopic (exact) mass is 395 g/mol. The van der Waals surface area contributed by atoms with Crippen molar-refractivity contribution in [2.45, 2.75) is 60.4 Å². The molecule has 0 spiro atoms. The van der Waals surface area contributed by atoms with Crippen molar-refractivity contribution in [2.24, 2.45) is 0 Å². The van der Waals surface area contributed by atoms with E-state index in [0.29, 0.717) is 23.6 Å². The van der Waals surface area contributed by atoms with Crippen molar-refractivity contribution < 1.29 is 14.3 Å². The molecule has 0 unspecified atom stereocenters. The van der Waals surface area contributed by atoms with Crippen LogP contribution in [0, 0.1) is 25.2 Å². The number of carbonyl (C=O) groups excluding carboxylic acids is 1. The van der Waals surface area contributed by atoms with E-state index in [4.69, 9.17) is 9.47 Å². The second-order valence-corrected chi connectivity index (χ2v) is 7.92. The van der Waals surface area contributed by atoms with Gasteiger partial charge in [-0.25, -0.2) is 0 Å². The van der Waals surface area contributed by atoms with Gasteiger partial charge < -0.3 is 9.47 Å². The summed E-state index contributed by atoms with van der Waals surface area (Å²) in [6, 6.07) is 10.2. The molecule has 0 aliphatic heterocycles. The average Bonchev–Trinajstić information content (AvgIpc) is 2.94. The lowest BCUT2D eigenvalue weighted by atomic mass is 9.86. The number of hydrogen-bond acceptors (Lipinski definition) is 5. The fraction of sp³-hybridized carbons (Fsp3) is 0.435. The maximum Gasteiger partial charge on any atom is 0.305 e. The molecule has 0 radical (unpaired) electrons. The average molecular weight is 396 g/mol. The van der Waals surface area contributed by atoms with Crippen molar-refractivity contribution in [3.63, 3.8) is 0 Å². The molecule has 6 nitrogen and oxygen atoms in total. The van der Waals surface area contributed by atoms with Gasteiger partial charge in [-0.15, -0.1) is 0 Å². The summed E-state index contributed by atoms with van der Waals surface area (Å²) in [5.41, 5.74) is 4.78. The lowest BCUT2D eigenvalue weighted by Gasteiger charge is -2.19. The van der Waals surface area contributed by atoms with Gasteiger partial charge in [-0.3, -0.25) is 9.48 Å². The van der Waals surface area contributed by atoms with E-state index in [9.17, 15) is 10.1 Å². The number of carbonyl (C=O) groups is 1. The fourth-order valence-corrected chi connectivity index (χ4v) is 3.00. The second kappa shape index (κ2) is 8.95. The van der Waals surface area contributed by atoms with Gasteiger partial charge in [-0.1, -0.05) is 45.0 Å². The van der Waals surface area contributed by atoms with Crippen LogP contribution in [0.1, 0.15) is 62.7 Å². The highest BCUT2D eigenvalue weighted by Crippen LogP contribution is 2.32. The summed E-state index contributed by atoms with van der Waals surface area (Å²) in [6.07, 6.45) is 0. The number of ether oxygens (including phenoxy) is 2. The molecular formula is C23H29N3O3. The maximum absolute atomic E-state index is 11.2. The number of rotatable bonds is 6. The Hall–Kier alpha value is -3.07. The molecule has 0 N–H and O–H groups in total. The SMILES string of the molecule is CCn1nc(C)c(C)c1/C(OCOC(C)=O)=C(\C#N)c1ccc(C(C)(C)C)cc1. The van der Waals surface area contributed by atoms with Gasteiger partial charge in [0.2, 0.25) is 6.79 Å². The van der Waals surface area contributed by atoms with Crippen molar-refractivity contribution in [1.82, 2.24) is 9.78 Å². The molecule has 0 bridgehead atoms. The van der Waals surface area contributed by atoms with E-state index in [1.165, 1.54) is 12.5 Å². The first kappa shape index (κ1) is 22.2. The van der Waals surface area contributed by atoms with E-state index in [2.05, 4.69) is 31.9 Å². The zero-order valence-corrected chi connectivity index (χ0v) is 18.3. The van der Waals surface area contributed by atoms with E-state index in [1.54, 1.807) is 4.68 Å². The molecule has 1 aromatic heterocycles. The van der Waals surface area contributed by atoms with E-state index in [0.717, 1.165) is 16.8 Å². The summed E-state index contributed by atoms with van der Waals surface area (Å²) < 4.78 is 12.6. The van der Waals surface area contributed by atoms with Crippen LogP contribution in [-0.4, -0.2) is 22.5 Å². The summed E-state index contributed by atoms with van der Waals surface area (Å²) in [5, 5.41) is 14.5. The van der Waals surface area contributed by atoms with Gasteiger partial charge in [-0.05, 0) is 37.3 Å². The zero-order valence-electron chi connectivity index (χ0n) is 18.3. The van der Waals surface area contributed by atoms with Crippen LogP contribution in [0.2, 0.25) is 0 Å². The molecule has 0 saturated heterocycles. The Morgan fingerprint density at radius 2 is 1.79 bits per heavy atom. The fourth-order valence-electron chi connectivity index (χ4n) is 3.00. The third kappa shape index (κ3) is 5.05. The predicted octanol–water partition coefficient (Wildman–Crippen LogP) is 4.75. The van der Waals surface area contributed by atoms with E-state index in [1.807, 2.05) is 45.0 Å². The zero-order chi connectivity index (χ0) is 21.8. The highest BCUT2D eigenvalue weighted by Gasteiger charge is 2.23. The Morgan fingerprint density at radius 1 is 1.17 bits per heavy atom. The van der Waals surface area contributed by atoms with Crippen LogP contribution in [0.15, 0.2) is 24.3 Å². The number of allylic oxidation sites excluding steroid dienone is 1. The number of benzene rings is 1. The van der Waals surface area contributed by atoms with Crippen molar-refractivity contribution in [3.8, 4) is 6.07 Å². The maximum atomic E-state index is 11.2. The quantitative estimate of drug-likeness (QED) is 0.305. The Morgan fingerprint density at radius 3 is 2.28 bits per heavy atom. The normalized spacial score (nSPS) is 12.2. The Labute approximate surface area is 172 Å². The smallest absolute Gasteiger partial charge is 0.305 e. The third-order valence-corrected chi connectivity index (χ3v) is 4.79. The van der Waals surface area contributed by atoms with Gasteiger partial charge in [0.1, 0.15) is 17.3 Å². The Balaban J connectivity index is 2.65. The number of aryl methyl sites for hydroxylation is 2. The first-order chi connectivity index (χ1) is 13.6. The molecule has 154 valence electrons. The summed E-state index contributed by atoms with van der Waals surface area (Å²) in [5.74, 6) is -0.0912. The molecule has 29 heavy (non-hydrogen) atoms. The van der Waals surface area contributed by atoms with Gasteiger partial charge in [-0.2, -0.15) is 10.4 Å². The summed E-state index contributed by atoms with van der Waals surface area (Å²) >= 11 is 0. The van der Waals surface area contributed by atoms with Gasteiger partial charge in [0, 0.05) is 19.0 Å². The van der Waals surface area contributed by atoms with Gasteiger partial charge >= 0.3 is 5.97 Å². The van der Waals surface area contributed by atoms with Crippen LogP contribution in [0.5, 0.6) is 0 Å². The van der Waals surface area contributed by atoms with Crippen LogP contribution in [-0.2, 0) is 26.2 Å². The minimum Gasteiger partial charge on any atom is -0.454 e. The van der Waals surface area contributed by atoms with Gasteiger partial charge in [0.15, 0.2) is 5.76 Å². The largest absolute Gasteiger partial charge is 0.454 e. The highest BCUT2D eigenvalue weighted by atomic mass is 16.7. The van der Waals surface area contributed by atoms with Crippen LogP contribution >= 0.6 is 0 Å². The molecule has 0 aliphatic rings. The van der Waals surface area contributed by atoms with Crippen molar-refractivity contribution in [1.29, 1.82) is 5.26 Å². The molecule has 0 atom stereocenters.